The molecule has 31 heavy (non-hydrogen) atoms. The summed E-state index contributed by atoms with van der Waals surface area (Å²) in [5, 5.41) is 0. The molecule has 2 atom stereocenters. The van der Waals surface area contributed by atoms with E-state index in [-0.39, 0.29) is 23.3 Å². The van der Waals surface area contributed by atoms with Gasteiger partial charge in [0.05, 0.1) is 26.4 Å². The second-order valence-electron chi connectivity index (χ2n) is 7.49. The predicted octanol–water partition coefficient (Wildman–Crippen LogP) is 6.37. The fraction of sp³-hybridized carbons (Fsp3) is 0.417. The van der Waals surface area contributed by atoms with Crippen LogP contribution in [0.5, 0.6) is 11.5 Å². The maximum atomic E-state index is 14.6. The average Bonchev–Trinajstić information content (AvgIpc) is 2.77. The van der Waals surface area contributed by atoms with E-state index in [9.17, 15) is 17.6 Å². The van der Waals surface area contributed by atoms with Crippen molar-refractivity contribution in [1.29, 1.82) is 0 Å². The van der Waals surface area contributed by atoms with Crippen LogP contribution in [0.15, 0.2) is 48.6 Å². The van der Waals surface area contributed by atoms with Gasteiger partial charge in [-0.15, -0.1) is 0 Å². The second-order valence-corrected chi connectivity index (χ2v) is 7.49. The molecule has 0 bridgehead atoms. The zero-order valence-electron chi connectivity index (χ0n) is 17.5. The molecule has 0 aromatic heterocycles. The van der Waals surface area contributed by atoms with E-state index in [1.165, 1.54) is 25.3 Å². The molecule has 0 radical (unpaired) electrons. The Kier molecular flexibility index (Phi) is 7.59. The molecule has 0 N–H and O–H groups in total. The molecule has 1 saturated heterocycles. The Labute approximate surface area is 179 Å². The topological polar surface area (TPSA) is 27.7 Å². The summed E-state index contributed by atoms with van der Waals surface area (Å²) >= 11 is 0. The molecule has 0 amide bonds. The first-order valence-electron chi connectivity index (χ1n) is 10.2. The SMILES string of the molecule is C/C=C/C1CCC(c2ccc(C(F)(F)CCOc3ccc(OC)c(F)c3F)cc2)CO1. The minimum absolute atomic E-state index is 0.119. The molecule has 0 saturated carbocycles. The van der Waals surface area contributed by atoms with Crippen LogP contribution in [-0.4, -0.2) is 26.4 Å². The van der Waals surface area contributed by atoms with Gasteiger partial charge in [-0.1, -0.05) is 36.4 Å². The molecule has 2 aromatic rings. The molecule has 1 aliphatic rings. The molecule has 2 unspecified atom stereocenters. The lowest BCUT2D eigenvalue weighted by molar-refractivity contribution is -0.0246. The van der Waals surface area contributed by atoms with Gasteiger partial charge in [-0.05, 0) is 37.5 Å². The lowest BCUT2D eigenvalue weighted by Crippen LogP contribution is -2.23. The highest BCUT2D eigenvalue weighted by Gasteiger charge is 2.32. The van der Waals surface area contributed by atoms with Gasteiger partial charge in [-0.25, -0.2) is 8.78 Å². The van der Waals surface area contributed by atoms with Crippen LogP contribution in [0.25, 0.3) is 0 Å². The number of hydrogen-bond acceptors (Lipinski definition) is 3. The fourth-order valence-electron chi connectivity index (χ4n) is 3.62. The molecular formula is C24H26F4O3. The highest BCUT2D eigenvalue weighted by molar-refractivity contribution is 5.35. The third kappa shape index (κ3) is 5.58. The zero-order valence-corrected chi connectivity index (χ0v) is 17.5. The molecule has 1 heterocycles. The van der Waals surface area contributed by atoms with Gasteiger partial charge in [0.2, 0.25) is 11.6 Å². The largest absolute Gasteiger partial charge is 0.494 e. The van der Waals surface area contributed by atoms with E-state index < -0.39 is 36.3 Å². The number of benzene rings is 2. The van der Waals surface area contributed by atoms with Gasteiger partial charge in [0.25, 0.3) is 5.92 Å². The molecule has 7 heteroatoms. The van der Waals surface area contributed by atoms with Crippen molar-refractivity contribution in [2.45, 2.75) is 44.1 Å². The molecule has 0 spiro atoms. The van der Waals surface area contributed by atoms with E-state index in [1.807, 2.05) is 19.1 Å². The Bertz CT molecular complexity index is 888. The van der Waals surface area contributed by atoms with Crippen molar-refractivity contribution in [3.63, 3.8) is 0 Å². The first kappa shape index (κ1) is 23.1. The molecule has 1 aliphatic heterocycles. The van der Waals surface area contributed by atoms with Crippen LogP contribution in [0.2, 0.25) is 0 Å². The molecule has 3 nitrogen and oxygen atoms in total. The standard InChI is InChI=1S/C24H26F4O3/c1-3-4-19-10-7-17(15-31-19)16-5-8-18(9-6-16)24(27,28)13-14-30-21-12-11-20(29-2)22(25)23(21)26/h3-6,8-9,11-12,17,19H,7,10,13-15H2,1-2H3/b4-3+. The highest BCUT2D eigenvalue weighted by atomic mass is 19.3. The summed E-state index contributed by atoms with van der Waals surface area (Å²) in [7, 11) is 1.20. The summed E-state index contributed by atoms with van der Waals surface area (Å²) in [6.45, 7) is 2.04. The molecule has 0 aliphatic carbocycles. The van der Waals surface area contributed by atoms with E-state index in [0.29, 0.717) is 6.61 Å². The van der Waals surface area contributed by atoms with Crippen LogP contribution >= 0.6 is 0 Å². The van der Waals surface area contributed by atoms with Crippen LogP contribution in [-0.2, 0) is 10.7 Å². The zero-order chi connectivity index (χ0) is 22.4. The number of allylic oxidation sites excluding steroid dienone is 1. The third-order valence-corrected chi connectivity index (χ3v) is 5.43. The third-order valence-electron chi connectivity index (χ3n) is 5.43. The van der Waals surface area contributed by atoms with Gasteiger partial charge in [-0.3, -0.25) is 0 Å². The van der Waals surface area contributed by atoms with Crippen LogP contribution in [0.4, 0.5) is 17.6 Å². The van der Waals surface area contributed by atoms with Gasteiger partial charge >= 0.3 is 0 Å². The fourth-order valence-corrected chi connectivity index (χ4v) is 3.62. The number of rotatable bonds is 8. The van der Waals surface area contributed by atoms with E-state index in [4.69, 9.17) is 9.47 Å². The Morgan fingerprint density at radius 2 is 1.71 bits per heavy atom. The lowest BCUT2D eigenvalue weighted by Gasteiger charge is -2.28. The van der Waals surface area contributed by atoms with Crippen LogP contribution in [0.1, 0.15) is 43.2 Å². The van der Waals surface area contributed by atoms with Crippen molar-refractivity contribution in [1.82, 2.24) is 0 Å². The quantitative estimate of drug-likeness (QED) is 0.354. The number of hydrogen-bond donors (Lipinski definition) is 0. The van der Waals surface area contributed by atoms with Gasteiger partial charge in [0.15, 0.2) is 11.5 Å². The number of alkyl halides is 2. The summed E-state index contributed by atoms with van der Waals surface area (Å²) in [6.07, 6.45) is 5.26. The normalized spacial score (nSPS) is 19.5. The second kappa shape index (κ2) is 10.2. The summed E-state index contributed by atoms with van der Waals surface area (Å²) < 4.78 is 72.2. The molecule has 2 aromatic carbocycles. The summed E-state index contributed by atoms with van der Waals surface area (Å²) in [5.74, 6) is -6.18. The monoisotopic (exact) mass is 438 g/mol. The van der Waals surface area contributed by atoms with Crippen LogP contribution in [0.3, 0.4) is 0 Å². The Morgan fingerprint density at radius 1 is 1.03 bits per heavy atom. The predicted molar refractivity (Wildman–Crippen MR) is 110 cm³/mol. The maximum Gasteiger partial charge on any atom is 0.276 e. The van der Waals surface area contributed by atoms with Crippen LogP contribution in [0, 0.1) is 11.6 Å². The first-order valence-corrected chi connectivity index (χ1v) is 10.2. The van der Waals surface area contributed by atoms with E-state index >= 15 is 0 Å². The van der Waals surface area contributed by atoms with Gasteiger partial charge in [0.1, 0.15) is 0 Å². The van der Waals surface area contributed by atoms with Crippen molar-refractivity contribution >= 4 is 0 Å². The van der Waals surface area contributed by atoms with Crippen molar-refractivity contribution in [3.05, 3.63) is 71.3 Å². The van der Waals surface area contributed by atoms with E-state index in [0.717, 1.165) is 24.5 Å². The van der Waals surface area contributed by atoms with Crippen molar-refractivity contribution in [2.24, 2.45) is 0 Å². The summed E-state index contributed by atoms with van der Waals surface area (Å²) in [4.78, 5) is 0. The minimum atomic E-state index is -3.17. The first-order chi connectivity index (χ1) is 14.9. The smallest absolute Gasteiger partial charge is 0.276 e. The van der Waals surface area contributed by atoms with E-state index in [2.05, 4.69) is 4.74 Å². The lowest BCUT2D eigenvalue weighted by atomic mass is 9.90. The van der Waals surface area contributed by atoms with Gasteiger partial charge in [-0.2, -0.15) is 8.78 Å². The summed E-state index contributed by atoms with van der Waals surface area (Å²) in [6, 6.07) is 8.54. The van der Waals surface area contributed by atoms with Gasteiger partial charge in [0, 0.05) is 17.9 Å². The molecule has 168 valence electrons. The molecule has 3 rings (SSSR count). The number of halogens is 4. The molecule has 1 fully saturated rings. The average molecular weight is 438 g/mol. The minimum Gasteiger partial charge on any atom is -0.494 e. The number of methoxy groups -OCH3 is 1. The summed E-state index contributed by atoms with van der Waals surface area (Å²) in [5.41, 5.74) is 0.815. The van der Waals surface area contributed by atoms with Crippen molar-refractivity contribution in [2.75, 3.05) is 20.3 Å². The Balaban J connectivity index is 1.57. The van der Waals surface area contributed by atoms with Crippen molar-refractivity contribution < 1.29 is 31.8 Å². The number of ether oxygens (including phenoxy) is 3. The highest BCUT2D eigenvalue weighted by Crippen LogP contribution is 2.35. The Hall–Kier alpha value is -2.54. The van der Waals surface area contributed by atoms with Crippen molar-refractivity contribution in [3.8, 4) is 11.5 Å². The molecular weight excluding hydrogens is 412 g/mol. The van der Waals surface area contributed by atoms with Crippen LogP contribution < -0.4 is 9.47 Å². The maximum absolute atomic E-state index is 14.6. The Morgan fingerprint density at radius 3 is 2.32 bits per heavy atom. The van der Waals surface area contributed by atoms with Gasteiger partial charge < -0.3 is 14.2 Å². The van der Waals surface area contributed by atoms with E-state index in [1.54, 1.807) is 12.1 Å².